The Morgan fingerprint density at radius 3 is 2.03 bits per heavy atom. The molecule has 10 atom stereocenters. The second-order valence-corrected chi connectivity index (χ2v) is 19.0. The lowest BCUT2D eigenvalue weighted by atomic mass is 9.83. The quantitative estimate of drug-likeness (QED) is 0.141. The van der Waals surface area contributed by atoms with Crippen LogP contribution in [0.25, 0.3) is 0 Å². The molecule has 1 N–H and O–H groups in total. The first-order valence-corrected chi connectivity index (χ1v) is 23.8. The molecule has 0 aliphatic carbocycles. The first-order chi connectivity index (χ1) is 30.1. The molecule has 1 unspecified atom stereocenters. The number of nitrogens with zero attached hydrogens (tertiary/aromatic N) is 4. The number of piperazine rings is 1. The number of likely N-dealkylation sites (N-methyl/N-ethyl adjacent to an activating group) is 1. The van der Waals surface area contributed by atoms with Crippen LogP contribution in [-0.2, 0) is 38.1 Å². The van der Waals surface area contributed by atoms with Gasteiger partial charge in [0.1, 0.15) is 11.9 Å². The fourth-order valence-electron chi connectivity index (χ4n) is 10.2. The second-order valence-electron chi connectivity index (χ2n) is 19.0. The number of Topliss-reactive ketones (excluding diaryl/α,β-unsaturated/α-hetero) is 2. The van der Waals surface area contributed by atoms with Crippen molar-refractivity contribution in [3.63, 3.8) is 0 Å². The van der Waals surface area contributed by atoms with Gasteiger partial charge in [-0.15, -0.1) is 0 Å². The summed E-state index contributed by atoms with van der Waals surface area (Å²) in [5.74, 6) is -1.56. The van der Waals surface area contributed by atoms with Crippen LogP contribution in [0.15, 0.2) is 30.3 Å². The summed E-state index contributed by atoms with van der Waals surface area (Å²) < 4.78 is 23.9. The van der Waals surface area contributed by atoms with Gasteiger partial charge in [0.05, 0.1) is 50.0 Å². The van der Waals surface area contributed by atoms with Crippen LogP contribution < -0.4 is 5.32 Å². The third-order valence-corrected chi connectivity index (χ3v) is 14.1. The van der Waals surface area contributed by atoms with E-state index < -0.39 is 36.2 Å². The van der Waals surface area contributed by atoms with Crippen LogP contribution in [-0.4, -0.2) is 160 Å². The Morgan fingerprint density at radius 2 is 1.46 bits per heavy atom. The van der Waals surface area contributed by atoms with Crippen LogP contribution in [0, 0.1) is 35.5 Å². The predicted octanol–water partition coefficient (Wildman–Crippen LogP) is 5.87. The summed E-state index contributed by atoms with van der Waals surface area (Å²) >= 11 is 0. The van der Waals surface area contributed by atoms with Crippen LogP contribution >= 0.6 is 0 Å². The van der Waals surface area contributed by atoms with E-state index >= 15 is 0 Å². The van der Waals surface area contributed by atoms with Crippen molar-refractivity contribution in [2.75, 3.05) is 80.3 Å². The summed E-state index contributed by atoms with van der Waals surface area (Å²) in [6.07, 6.45) is 0.385. The molecule has 14 heteroatoms. The minimum atomic E-state index is -0.618. The number of carbonyl (C=O) groups excluding carboxylic acids is 5. The normalized spacial score (nSPS) is 21.8. The molecule has 0 aromatic heterocycles. The molecule has 0 bridgehead atoms. The zero-order valence-electron chi connectivity index (χ0n) is 40.4. The lowest BCUT2D eigenvalue weighted by Gasteiger charge is -2.41. The number of ketones is 2. The number of amides is 3. The van der Waals surface area contributed by atoms with E-state index in [9.17, 15) is 24.0 Å². The lowest BCUT2D eigenvalue weighted by Crippen LogP contribution is -2.54. The lowest BCUT2D eigenvalue weighted by molar-refractivity contribution is -0.149. The van der Waals surface area contributed by atoms with E-state index in [2.05, 4.69) is 37.9 Å². The number of hydrogen-bond donors (Lipinski definition) is 1. The van der Waals surface area contributed by atoms with Gasteiger partial charge in [0.15, 0.2) is 5.78 Å². The average molecular weight is 884 g/mol. The molecule has 1 aromatic carbocycles. The summed E-state index contributed by atoms with van der Waals surface area (Å²) in [5, 5.41) is 3.26. The molecule has 3 heterocycles. The number of carbonyl (C=O) groups is 5. The van der Waals surface area contributed by atoms with Crippen molar-refractivity contribution >= 4 is 29.5 Å². The fraction of sp³-hybridized carbons (Fsp3) is 0.776. The number of likely N-dealkylation sites (tertiary alicyclic amines) is 1. The Labute approximate surface area is 378 Å². The Kier molecular flexibility index (Phi) is 21.0. The molecular weight excluding hydrogens is 803 g/mol. The molecule has 0 spiro atoms. The summed E-state index contributed by atoms with van der Waals surface area (Å²) in [7, 11) is 4.98. The Morgan fingerprint density at radius 1 is 0.810 bits per heavy atom. The molecule has 3 aliphatic heterocycles. The van der Waals surface area contributed by atoms with Gasteiger partial charge in [-0.25, -0.2) is 4.79 Å². The van der Waals surface area contributed by atoms with E-state index in [4.69, 9.17) is 18.9 Å². The monoisotopic (exact) mass is 884 g/mol. The molecule has 4 rings (SSSR count). The van der Waals surface area contributed by atoms with Crippen molar-refractivity contribution in [1.82, 2.24) is 24.9 Å². The van der Waals surface area contributed by atoms with Gasteiger partial charge in [-0.1, -0.05) is 92.1 Å². The van der Waals surface area contributed by atoms with Gasteiger partial charge >= 0.3 is 6.09 Å². The van der Waals surface area contributed by atoms with E-state index in [1.165, 1.54) is 0 Å². The fourth-order valence-corrected chi connectivity index (χ4v) is 10.2. The molecule has 0 saturated carbocycles. The number of hydrogen-bond acceptors (Lipinski definition) is 11. The van der Waals surface area contributed by atoms with Crippen LogP contribution in [0.3, 0.4) is 0 Å². The van der Waals surface area contributed by atoms with E-state index in [0.29, 0.717) is 65.4 Å². The molecule has 3 saturated heterocycles. The molecule has 3 amide bonds. The zero-order valence-corrected chi connectivity index (χ0v) is 40.4. The SMILES string of the molecule is CC[C@H](C)[C@@H](C(CC(=O)N1CCC[C@H]1[C@H](OC)[C@@H](C)C(=O)C[C@H](C)[C@@H](OC(=O)N1CCNCC1)c1ccccc1)OC)N(C)C(=O)[C@@H](CC(=O)[C@H](C(C)C)N1CCOCC1)C(C)C. The maximum Gasteiger partial charge on any atom is 0.410 e. The van der Waals surface area contributed by atoms with Gasteiger partial charge in [-0.05, 0) is 36.2 Å². The van der Waals surface area contributed by atoms with Gasteiger partial charge in [0.25, 0.3) is 0 Å². The van der Waals surface area contributed by atoms with Crippen LogP contribution in [0.2, 0.25) is 0 Å². The first kappa shape index (κ1) is 52.2. The molecule has 3 aliphatic rings. The smallest absolute Gasteiger partial charge is 0.410 e. The molecule has 3 fully saturated rings. The van der Waals surface area contributed by atoms with Crippen molar-refractivity contribution in [1.29, 1.82) is 0 Å². The van der Waals surface area contributed by atoms with Gasteiger partial charge in [-0.2, -0.15) is 0 Å². The van der Waals surface area contributed by atoms with Crippen molar-refractivity contribution in [3.05, 3.63) is 35.9 Å². The highest BCUT2D eigenvalue weighted by molar-refractivity contribution is 5.90. The van der Waals surface area contributed by atoms with Gasteiger partial charge in [0, 0.05) is 97.7 Å². The number of benzene rings is 1. The molecule has 63 heavy (non-hydrogen) atoms. The first-order valence-electron chi connectivity index (χ1n) is 23.8. The third-order valence-electron chi connectivity index (χ3n) is 14.1. The molecule has 356 valence electrons. The molecule has 14 nitrogen and oxygen atoms in total. The number of nitrogens with one attached hydrogen (secondary N) is 1. The van der Waals surface area contributed by atoms with Gasteiger partial charge in [0.2, 0.25) is 11.8 Å². The number of rotatable bonds is 23. The highest BCUT2D eigenvalue weighted by Gasteiger charge is 2.44. The van der Waals surface area contributed by atoms with Crippen molar-refractivity contribution in [3.8, 4) is 0 Å². The highest BCUT2D eigenvalue weighted by atomic mass is 16.6. The number of methoxy groups -OCH3 is 2. The highest BCUT2D eigenvalue weighted by Crippen LogP contribution is 2.34. The number of ether oxygens (including phenoxy) is 4. The molecular formula is C49H81N5O9. The molecule has 1 aromatic rings. The van der Waals surface area contributed by atoms with Crippen molar-refractivity contribution < 1.29 is 42.9 Å². The zero-order chi connectivity index (χ0) is 46.4. The Balaban J connectivity index is 1.47. The standard InChI is InChI=1S/C49H81N5O9/c1-12-34(6)45(51(9)48(58)38(32(2)3)30-41(56)44(33(4)5)52-25-27-62-28-26-52)42(60-10)31-43(57)54-22-16-19-39(54)47(61-11)36(8)40(55)29-35(7)46(37-17-14-13-15-18-37)63-49(59)53-23-20-50-21-24-53/h13-15,17-18,32-36,38-39,42,44-47,50H,12,16,19-31H2,1-11H3/t34-,35-,36-,38-,39-,42?,44-,45-,46+,47+/m0/s1. The summed E-state index contributed by atoms with van der Waals surface area (Å²) in [6, 6.07) is 8.52. The topological polar surface area (TPSA) is 147 Å². The molecule has 0 radical (unpaired) electrons. The Bertz CT molecular complexity index is 1600. The average Bonchev–Trinajstić information content (AvgIpc) is 3.77. The minimum Gasteiger partial charge on any atom is -0.441 e. The predicted molar refractivity (Wildman–Crippen MR) is 244 cm³/mol. The van der Waals surface area contributed by atoms with Crippen LogP contribution in [0.5, 0.6) is 0 Å². The van der Waals surface area contributed by atoms with Crippen molar-refractivity contribution in [2.24, 2.45) is 35.5 Å². The van der Waals surface area contributed by atoms with Crippen molar-refractivity contribution in [2.45, 2.75) is 130 Å². The van der Waals surface area contributed by atoms with Gasteiger partial charge < -0.3 is 39.0 Å². The maximum absolute atomic E-state index is 14.6. The minimum absolute atomic E-state index is 0.00597. The van der Waals surface area contributed by atoms with E-state index in [0.717, 1.165) is 18.4 Å². The second kappa shape index (κ2) is 25.3. The Hall–Kier alpha value is -3.43. The van der Waals surface area contributed by atoms with E-state index in [-0.39, 0.29) is 84.5 Å². The largest absolute Gasteiger partial charge is 0.441 e. The van der Waals surface area contributed by atoms with E-state index in [1.807, 2.05) is 62.9 Å². The van der Waals surface area contributed by atoms with Gasteiger partial charge in [-0.3, -0.25) is 24.1 Å². The summed E-state index contributed by atoms with van der Waals surface area (Å²) in [5.41, 5.74) is 0.831. The van der Waals surface area contributed by atoms with Crippen LogP contribution in [0.1, 0.15) is 106 Å². The van der Waals surface area contributed by atoms with E-state index in [1.54, 1.807) is 31.1 Å². The van der Waals surface area contributed by atoms with Crippen LogP contribution in [0.4, 0.5) is 4.79 Å². The maximum atomic E-state index is 14.6. The third kappa shape index (κ3) is 13.8. The summed E-state index contributed by atoms with van der Waals surface area (Å²) in [6.45, 7) is 21.7. The summed E-state index contributed by atoms with van der Waals surface area (Å²) in [4.78, 5) is 78.0. The number of morpholine rings is 1.